The maximum absolute atomic E-state index is 11.5. The molecule has 0 amide bonds. The zero-order valence-corrected chi connectivity index (χ0v) is 11.9. The van der Waals surface area contributed by atoms with Crippen LogP contribution in [0.25, 0.3) is 0 Å². The lowest BCUT2D eigenvalue weighted by Gasteiger charge is -2.10. The summed E-state index contributed by atoms with van der Waals surface area (Å²) in [7, 11) is -3.81. The quantitative estimate of drug-likeness (QED) is 0.737. The summed E-state index contributed by atoms with van der Waals surface area (Å²) in [6, 6.07) is 4.55. The number of aromatic nitrogens is 1. The first-order chi connectivity index (χ1) is 8.86. The summed E-state index contributed by atoms with van der Waals surface area (Å²) >= 11 is 1.54. The fourth-order valence-electron chi connectivity index (χ4n) is 1.57. The molecule has 8 heteroatoms. The normalized spacial score (nSPS) is 11.5. The number of sulfonamides is 1. The van der Waals surface area contributed by atoms with Crippen LogP contribution in [0.5, 0.6) is 0 Å². The van der Waals surface area contributed by atoms with Gasteiger partial charge >= 0.3 is 0 Å². The van der Waals surface area contributed by atoms with E-state index in [2.05, 4.69) is 10.3 Å². The Morgan fingerprint density at radius 3 is 2.74 bits per heavy atom. The SMILES string of the molecule is Cc1cnc(CNc2ccc(N)cc2S(N)(=O)=O)s1. The van der Waals surface area contributed by atoms with Gasteiger partial charge in [-0.1, -0.05) is 0 Å². The van der Waals surface area contributed by atoms with Crippen LogP contribution in [0.4, 0.5) is 11.4 Å². The number of primary sulfonamides is 1. The second-order valence-electron chi connectivity index (χ2n) is 4.02. The monoisotopic (exact) mass is 298 g/mol. The van der Waals surface area contributed by atoms with Gasteiger partial charge in [-0.15, -0.1) is 11.3 Å². The van der Waals surface area contributed by atoms with Crippen LogP contribution < -0.4 is 16.2 Å². The molecule has 0 bridgehead atoms. The molecule has 0 spiro atoms. The second kappa shape index (κ2) is 5.16. The largest absolute Gasteiger partial charge is 0.399 e. The summed E-state index contributed by atoms with van der Waals surface area (Å²) in [5.41, 5.74) is 6.34. The van der Waals surface area contributed by atoms with Crippen molar-refractivity contribution in [3.05, 3.63) is 34.3 Å². The average molecular weight is 298 g/mol. The fourth-order valence-corrected chi connectivity index (χ4v) is 3.05. The molecule has 6 nitrogen and oxygen atoms in total. The topological polar surface area (TPSA) is 111 Å². The predicted molar refractivity (Wildman–Crippen MR) is 76.4 cm³/mol. The van der Waals surface area contributed by atoms with Gasteiger partial charge in [0.1, 0.15) is 9.90 Å². The van der Waals surface area contributed by atoms with Gasteiger partial charge in [0.05, 0.1) is 12.2 Å². The molecule has 0 aliphatic rings. The number of anilines is 2. The van der Waals surface area contributed by atoms with Crippen LogP contribution in [0, 0.1) is 6.92 Å². The summed E-state index contributed by atoms with van der Waals surface area (Å²) in [5, 5.41) is 9.04. The Hall–Kier alpha value is -1.64. The number of aryl methyl sites for hydroxylation is 1. The van der Waals surface area contributed by atoms with Gasteiger partial charge in [-0.3, -0.25) is 0 Å². The molecule has 0 unspecified atom stereocenters. The molecule has 5 N–H and O–H groups in total. The molecular formula is C11H14N4O2S2. The molecule has 102 valence electrons. The molecule has 2 rings (SSSR count). The molecule has 19 heavy (non-hydrogen) atoms. The van der Waals surface area contributed by atoms with E-state index in [1.54, 1.807) is 29.7 Å². The van der Waals surface area contributed by atoms with E-state index >= 15 is 0 Å². The number of nitrogen functional groups attached to an aromatic ring is 1. The number of benzene rings is 1. The highest BCUT2D eigenvalue weighted by molar-refractivity contribution is 7.89. The number of nitrogens with one attached hydrogen (secondary N) is 1. The van der Waals surface area contributed by atoms with Gasteiger partial charge in [0, 0.05) is 16.8 Å². The molecule has 1 aromatic heterocycles. The van der Waals surface area contributed by atoms with Crippen molar-refractivity contribution in [2.45, 2.75) is 18.4 Å². The fraction of sp³-hybridized carbons (Fsp3) is 0.182. The van der Waals surface area contributed by atoms with Crippen molar-refractivity contribution in [2.24, 2.45) is 5.14 Å². The average Bonchev–Trinajstić information content (AvgIpc) is 2.72. The molecule has 0 aliphatic carbocycles. The van der Waals surface area contributed by atoms with E-state index in [9.17, 15) is 8.42 Å². The minimum absolute atomic E-state index is 0.0132. The summed E-state index contributed by atoms with van der Waals surface area (Å²) in [4.78, 5) is 5.28. The van der Waals surface area contributed by atoms with Gasteiger partial charge in [-0.2, -0.15) is 0 Å². The minimum atomic E-state index is -3.81. The summed E-state index contributed by atoms with van der Waals surface area (Å²) in [6.07, 6.45) is 1.77. The highest BCUT2D eigenvalue weighted by Gasteiger charge is 2.14. The first kappa shape index (κ1) is 13.8. The highest BCUT2D eigenvalue weighted by Crippen LogP contribution is 2.24. The first-order valence-electron chi connectivity index (χ1n) is 5.44. The zero-order chi connectivity index (χ0) is 14.0. The van der Waals surface area contributed by atoms with Crippen molar-refractivity contribution in [3.63, 3.8) is 0 Å². The molecule has 1 heterocycles. The Labute approximate surface area is 115 Å². The lowest BCUT2D eigenvalue weighted by molar-refractivity contribution is 0.598. The van der Waals surface area contributed by atoms with E-state index in [-0.39, 0.29) is 4.90 Å². The van der Waals surface area contributed by atoms with Gasteiger partial charge in [0.15, 0.2) is 0 Å². The van der Waals surface area contributed by atoms with Crippen molar-refractivity contribution in [1.29, 1.82) is 0 Å². The van der Waals surface area contributed by atoms with Crippen LogP contribution in [0.1, 0.15) is 9.88 Å². The third-order valence-electron chi connectivity index (χ3n) is 2.41. The van der Waals surface area contributed by atoms with Crippen LogP contribution in [0.15, 0.2) is 29.3 Å². The van der Waals surface area contributed by atoms with Gasteiger partial charge in [-0.25, -0.2) is 18.5 Å². The number of hydrogen-bond donors (Lipinski definition) is 3. The van der Waals surface area contributed by atoms with E-state index in [1.807, 2.05) is 6.92 Å². The van der Waals surface area contributed by atoms with Crippen LogP contribution >= 0.6 is 11.3 Å². The van der Waals surface area contributed by atoms with Crippen molar-refractivity contribution in [1.82, 2.24) is 4.98 Å². The van der Waals surface area contributed by atoms with Crippen molar-refractivity contribution in [2.75, 3.05) is 11.1 Å². The minimum Gasteiger partial charge on any atom is -0.399 e. The van der Waals surface area contributed by atoms with Crippen LogP contribution in [-0.4, -0.2) is 13.4 Å². The third-order valence-corrected chi connectivity index (χ3v) is 4.27. The van der Waals surface area contributed by atoms with Gasteiger partial charge in [0.2, 0.25) is 10.0 Å². The number of nitrogens with two attached hydrogens (primary N) is 2. The molecule has 0 saturated carbocycles. The molecule has 0 fully saturated rings. The van der Waals surface area contributed by atoms with Crippen LogP contribution in [0.2, 0.25) is 0 Å². The number of thiazole rings is 1. The molecule has 0 radical (unpaired) electrons. The van der Waals surface area contributed by atoms with Crippen LogP contribution in [0.3, 0.4) is 0 Å². The second-order valence-corrected chi connectivity index (χ2v) is 6.87. The van der Waals surface area contributed by atoms with Gasteiger partial charge in [0.25, 0.3) is 0 Å². The highest BCUT2D eigenvalue weighted by atomic mass is 32.2. The lowest BCUT2D eigenvalue weighted by Crippen LogP contribution is -2.15. The number of nitrogens with zero attached hydrogens (tertiary/aromatic N) is 1. The summed E-state index contributed by atoms with van der Waals surface area (Å²) in [6.45, 7) is 2.39. The van der Waals surface area contributed by atoms with Crippen molar-refractivity contribution >= 4 is 32.7 Å². The number of hydrogen-bond acceptors (Lipinski definition) is 6. The maximum Gasteiger partial charge on any atom is 0.240 e. The Morgan fingerprint density at radius 2 is 2.16 bits per heavy atom. The molecular weight excluding hydrogens is 284 g/mol. The van der Waals surface area contributed by atoms with E-state index in [0.717, 1.165) is 9.88 Å². The molecule has 1 aromatic carbocycles. The standard InChI is InChI=1S/C11H14N4O2S2/c1-7-5-15-11(18-7)6-14-9-3-2-8(12)4-10(9)19(13,16)17/h2-5,14H,6,12H2,1H3,(H2,13,16,17). The zero-order valence-electron chi connectivity index (χ0n) is 10.3. The van der Waals surface area contributed by atoms with E-state index < -0.39 is 10.0 Å². The van der Waals surface area contributed by atoms with Crippen molar-refractivity contribution in [3.8, 4) is 0 Å². The molecule has 2 aromatic rings. The van der Waals surface area contributed by atoms with E-state index in [1.165, 1.54) is 6.07 Å². The van der Waals surface area contributed by atoms with Gasteiger partial charge < -0.3 is 11.1 Å². The third kappa shape index (κ3) is 3.43. The Kier molecular flexibility index (Phi) is 3.74. The van der Waals surface area contributed by atoms with Crippen LogP contribution in [-0.2, 0) is 16.6 Å². The summed E-state index contributed by atoms with van der Waals surface area (Å²) < 4.78 is 23.0. The Balaban J connectivity index is 2.25. The Bertz CT molecular complexity index is 694. The molecule has 0 saturated heterocycles. The van der Waals surface area contributed by atoms with E-state index in [4.69, 9.17) is 10.9 Å². The van der Waals surface area contributed by atoms with E-state index in [0.29, 0.717) is 17.9 Å². The summed E-state index contributed by atoms with van der Waals surface area (Å²) in [5.74, 6) is 0. The molecule has 0 atom stereocenters. The smallest absolute Gasteiger partial charge is 0.240 e. The molecule has 0 aliphatic heterocycles. The lowest BCUT2D eigenvalue weighted by atomic mass is 10.3. The van der Waals surface area contributed by atoms with Crippen molar-refractivity contribution < 1.29 is 8.42 Å². The number of rotatable bonds is 4. The van der Waals surface area contributed by atoms with Gasteiger partial charge in [-0.05, 0) is 25.1 Å². The predicted octanol–water partition coefficient (Wildman–Crippen LogP) is 1.29. The first-order valence-corrected chi connectivity index (χ1v) is 7.80. The Morgan fingerprint density at radius 1 is 1.42 bits per heavy atom. The maximum atomic E-state index is 11.5.